The van der Waals surface area contributed by atoms with Crippen LogP contribution < -0.4 is 5.32 Å². The molecule has 32 heavy (non-hydrogen) atoms. The van der Waals surface area contributed by atoms with Gasteiger partial charge in [0.25, 0.3) is 0 Å². The van der Waals surface area contributed by atoms with Gasteiger partial charge in [0.15, 0.2) is 10.8 Å². The highest BCUT2D eigenvalue weighted by atomic mass is 32.2. The normalized spacial score (nSPS) is 17.1. The second-order valence-electron chi connectivity index (χ2n) is 8.10. The van der Waals surface area contributed by atoms with E-state index in [1.165, 1.54) is 11.8 Å². The Morgan fingerprint density at radius 2 is 2.12 bits per heavy atom. The molecule has 2 aromatic carbocycles. The van der Waals surface area contributed by atoms with E-state index in [4.69, 9.17) is 9.72 Å². The molecule has 1 saturated heterocycles. The number of carbonyl (C=O) groups excluding carboxylic acids is 1. The van der Waals surface area contributed by atoms with E-state index >= 15 is 0 Å². The summed E-state index contributed by atoms with van der Waals surface area (Å²) in [4.78, 5) is 17.7. The van der Waals surface area contributed by atoms with Crippen molar-refractivity contribution >= 4 is 34.2 Å². The maximum absolute atomic E-state index is 12.7. The minimum absolute atomic E-state index is 0.0342. The van der Waals surface area contributed by atoms with Gasteiger partial charge in [-0.05, 0) is 44.9 Å². The molecule has 2 atom stereocenters. The Bertz CT molecular complexity index is 1280. The number of aromatic nitrogens is 4. The number of nitrogens with one attached hydrogen (secondary N) is 1. The van der Waals surface area contributed by atoms with Crippen LogP contribution >= 0.6 is 11.8 Å². The second kappa shape index (κ2) is 8.88. The van der Waals surface area contributed by atoms with Gasteiger partial charge in [-0.3, -0.25) is 9.20 Å². The fourth-order valence-corrected chi connectivity index (χ4v) is 4.86. The zero-order valence-corrected chi connectivity index (χ0v) is 18.9. The van der Waals surface area contributed by atoms with Gasteiger partial charge in [0.1, 0.15) is 5.82 Å². The quantitative estimate of drug-likeness (QED) is 0.450. The highest BCUT2D eigenvalue weighted by molar-refractivity contribution is 8.00. The summed E-state index contributed by atoms with van der Waals surface area (Å²) in [7, 11) is 0. The molecule has 1 aliphatic heterocycles. The van der Waals surface area contributed by atoms with Crippen LogP contribution in [0.3, 0.4) is 0 Å². The van der Waals surface area contributed by atoms with Crippen molar-refractivity contribution in [3.63, 3.8) is 0 Å². The van der Waals surface area contributed by atoms with Crippen molar-refractivity contribution in [2.24, 2.45) is 0 Å². The first-order valence-electron chi connectivity index (χ1n) is 10.9. The summed E-state index contributed by atoms with van der Waals surface area (Å²) in [5.74, 6) is 0.731. The molecule has 0 spiro atoms. The second-order valence-corrected chi connectivity index (χ2v) is 9.41. The number of thioether (sulfide) groups is 1. The van der Waals surface area contributed by atoms with E-state index in [1.807, 2.05) is 47.7 Å². The number of hydrogen-bond donors (Lipinski definition) is 1. The molecule has 4 aromatic rings. The SMILES string of the molecule is Cc1cccc(-c2nc3ccccc3c3nnc(SC(C)C(=O)NCC4CCCO4)n23)c1. The van der Waals surface area contributed by atoms with Gasteiger partial charge in [0.05, 0.1) is 16.9 Å². The Labute approximate surface area is 190 Å². The van der Waals surface area contributed by atoms with E-state index in [9.17, 15) is 4.79 Å². The molecule has 164 valence electrons. The minimum atomic E-state index is -0.333. The number of para-hydroxylation sites is 1. The maximum atomic E-state index is 12.7. The largest absolute Gasteiger partial charge is 0.376 e. The minimum Gasteiger partial charge on any atom is -0.376 e. The van der Waals surface area contributed by atoms with Crippen LogP contribution in [0, 0.1) is 6.92 Å². The number of rotatable bonds is 6. The third-order valence-electron chi connectivity index (χ3n) is 5.67. The van der Waals surface area contributed by atoms with Crippen molar-refractivity contribution in [3.8, 4) is 11.4 Å². The molecule has 0 radical (unpaired) electrons. The van der Waals surface area contributed by atoms with E-state index in [2.05, 4.69) is 34.6 Å². The van der Waals surface area contributed by atoms with Gasteiger partial charge < -0.3 is 10.1 Å². The van der Waals surface area contributed by atoms with Crippen LogP contribution in [0.25, 0.3) is 27.9 Å². The van der Waals surface area contributed by atoms with Crippen LogP contribution in [0.1, 0.15) is 25.3 Å². The Balaban J connectivity index is 1.50. The lowest BCUT2D eigenvalue weighted by Gasteiger charge is -2.15. The van der Waals surface area contributed by atoms with Gasteiger partial charge in [0, 0.05) is 24.1 Å². The Morgan fingerprint density at radius 1 is 1.25 bits per heavy atom. The Kier molecular flexibility index (Phi) is 5.80. The van der Waals surface area contributed by atoms with E-state index in [0.29, 0.717) is 11.7 Å². The number of benzene rings is 2. The van der Waals surface area contributed by atoms with E-state index in [-0.39, 0.29) is 17.3 Å². The number of nitrogens with zero attached hydrogens (tertiary/aromatic N) is 4. The van der Waals surface area contributed by atoms with Gasteiger partial charge in [-0.25, -0.2) is 4.98 Å². The summed E-state index contributed by atoms with van der Waals surface area (Å²) >= 11 is 1.39. The van der Waals surface area contributed by atoms with Crippen LogP contribution in [0.2, 0.25) is 0 Å². The number of hydrogen-bond acceptors (Lipinski definition) is 6. The molecule has 3 heterocycles. The molecule has 0 aliphatic carbocycles. The number of aryl methyl sites for hydroxylation is 1. The van der Waals surface area contributed by atoms with Gasteiger partial charge in [-0.1, -0.05) is 47.7 Å². The smallest absolute Gasteiger partial charge is 0.233 e. The molecule has 7 nitrogen and oxygen atoms in total. The molecule has 0 saturated carbocycles. The molecule has 1 N–H and O–H groups in total. The molecule has 8 heteroatoms. The molecular weight excluding hydrogens is 422 g/mol. The Hall–Kier alpha value is -2.97. The lowest BCUT2D eigenvalue weighted by Crippen LogP contribution is -2.36. The first-order valence-corrected chi connectivity index (χ1v) is 11.7. The van der Waals surface area contributed by atoms with E-state index in [1.54, 1.807) is 0 Å². The van der Waals surface area contributed by atoms with Crippen molar-refractivity contribution in [3.05, 3.63) is 54.1 Å². The van der Waals surface area contributed by atoms with Crippen LogP contribution in [-0.2, 0) is 9.53 Å². The number of carbonyl (C=O) groups is 1. The molecule has 2 unspecified atom stereocenters. The third kappa shape index (κ3) is 4.08. The number of ether oxygens (including phenoxy) is 1. The fourth-order valence-electron chi connectivity index (χ4n) is 3.99. The van der Waals surface area contributed by atoms with E-state index in [0.717, 1.165) is 52.9 Å². The lowest BCUT2D eigenvalue weighted by molar-refractivity contribution is -0.120. The molecule has 2 aromatic heterocycles. The summed E-state index contributed by atoms with van der Waals surface area (Å²) in [6, 6.07) is 16.1. The molecule has 1 amide bonds. The highest BCUT2D eigenvalue weighted by Crippen LogP contribution is 2.31. The molecule has 5 rings (SSSR count). The number of fused-ring (bicyclic) bond motifs is 3. The van der Waals surface area contributed by atoms with Crippen molar-refractivity contribution in [1.29, 1.82) is 0 Å². The van der Waals surface area contributed by atoms with Gasteiger partial charge in [-0.2, -0.15) is 0 Å². The fraction of sp³-hybridized carbons (Fsp3) is 0.333. The van der Waals surface area contributed by atoms with Gasteiger partial charge in [0.2, 0.25) is 5.91 Å². The summed E-state index contributed by atoms with van der Waals surface area (Å²) in [5.41, 5.74) is 3.73. The third-order valence-corrected chi connectivity index (χ3v) is 6.71. The Morgan fingerprint density at radius 3 is 2.94 bits per heavy atom. The average Bonchev–Trinajstić information content (AvgIpc) is 3.47. The summed E-state index contributed by atoms with van der Waals surface area (Å²) in [5, 5.41) is 13.2. The summed E-state index contributed by atoms with van der Waals surface area (Å²) in [6.07, 6.45) is 2.17. The summed E-state index contributed by atoms with van der Waals surface area (Å²) < 4.78 is 7.57. The zero-order valence-electron chi connectivity index (χ0n) is 18.1. The monoisotopic (exact) mass is 447 g/mol. The highest BCUT2D eigenvalue weighted by Gasteiger charge is 2.23. The topological polar surface area (TPSA) is 81.4 Å². The van der Waals surface area contributed by atoms with Crippen LogP contribution in [0.15, 0.2) is 53.7 Å². The van der Waals surface area contributed by atoms with Crippen molar-refractivity contribution in [1.82, 2.24) is 24.9 Å². The first kappa shape index (κ1) is 20.9. The predicted octanol–water partition coefficient (Wildman–Crippen LogP) is 4.03. The van der Waals surface area contributed by atoms with Crippen molar-refractivity contribution in [2.75, 3.05) is 13.2 Å². The van der Waals surface area contributed by atoms with Crippen molar-refractivity contribution in [2.45, 2.75) is 43.2 Å². The van der Waals surface area contributed by atoms with Crippen LogP contribution in [-0.4, -0.2) is 50.0 Å². The first-order chi connectivity index (χ1) is 15.6. The predicted molar refractivity (Wildman–Crippen MR) is 126 cm³/mol. The van der Waals surface area contributed by atoms with Gasteiger partial charge in [-0.15, -0.1) is 10.2 Å². The van der Waals surface area contributed by atoms with Crippen LogP contribution in [0.5, 0.6) is 0 Å². The van der Waals surface area contributed by atoms with Crippen molar-refractivity contribution < 1.29 is 9.53 Å². The van der Waals surface area contributed by atoms with Gasteiger partial charge >= 0.3 is 0 Å². The lowest BCUT2D eigenvalue weighted by atomic mass is 10.1. The molecular formula is C24H25N5O2S. The van der Waals surface area contributed by atoms with Crippen LogP contribution in [0.4, 0.5) is 0 Å². The molecule has 1 fully saturated rings. The molecule has 0 bridgehead atoms. The maximum Gasteiger partial charge on any atom is 0.233 e. The average molecular weight is 448 g/mol. The zero-order chi connectivity index (χ0) is 22.1. The summed E-state index contributed by atoms with van der Waals surface area (Å²) in [6.45, 7) is 5.27. The molecule has 1 aliphatic rings. The van der Waals surface area contributed by atoms with E-state index < -0.39 is 0 Å². The standard InChI is InChI=1S/C24H25N5O2S/c1-15-7-5-8-17(13-15)21-26-20-11-4-3-10-19(20)22-27-28-24(29(21)22)32-16(2)23(30)25-14-18-9-6-12-31-18/h3-5,7-8,10-11,13,16,18H,6,9,12,14H2,1-2H3,(H,25,30). The number of amides is 1.